The van der Waals surface area contributed by atoms with Gasteiger partial charge >= 0.3 is 5.97 Å². The second-order valence-corrected chi connectivity index (χ2v) is 7.60. The van der Waals surface area contributed by atoms with Gasteiger partial charge in [-0.05, 0) is 46.7 Å². The number of carbonyl (C=O) groups excluding carboxylic acids is 1. The van der Waals surface area contributed by atoms with Gasteiger partial charge in [0.1, 0.15) is 0 Å². The summed E-state index contributed by atoms with van der Waals surface area (Å²) in [7, 11) is 0. The van der Waals surface area contributed by atoms with Crippen LogP contribution in [0.2, 0.25) is 0 Å². The third-order valence-electron chi connectivity index (χ3n) is 4.72. The molecule has 1 aliphatic heterocycles. The van der Waals surface area contributed by atoms with E-state index in [-0.39, 0.29) is 16.9 Å². The summed E-state index contributed by atoms with van der Waals surface area (Å²) in [6, 6.07) is 12.9. The van der Waals surface area contributed by atoms with E-state index in [1.54, 1.807) is 24.3 Å². The molecule has 2 aromatic rings. The molecule has 0 spiro atoms. The van der Waals surface area contributed by atoms with E-state index in [1.165, 1.54) is 0 Å². The van der Waals surface area contributed by atoms with Crippen LogP contribution in [0.4, 0.5) is 0 Å². The van der Waals surface area contributed by atoms with Crippen molar-refractivity contribution in [1.29, 1.82) is 0 Å². The first kappa shape index (κ1) is 17.2. The molecule has 0 saturated carbocycles. The molecule has 2 aromatic carbocycles. The predicted octanol–water partition coefficient (Wildman–Crippen LogP) is 3.88. The summed E-state index contributed by atoms with van der Waals surface area (Å²) in [6.07, 6.45) is 0.846. The second-order valence-electron chi connectivity index (χ2n) is 7.60. The maximum atomic E-state index is 12.9. The number of nitrogens with zero attached hydrogens (tertiary/aromatic N) is 1. The van der Waals surface area contributed by atoms with E-state index in [0.29, 0.717) is 13.1 Å². The average Bonchev–Trinajstić information content (AvgIpc) is 2.57. The fourth-order valence-electron chi connectivity index (χ4n) is 3.11. The molecule has 0 atom stereocenters. The first-order valence-corrected chi connectivity index (χ1v) is 8.50. The van der Waals surface area contributed by atoms with Crippen molar-refractivity contribution < 1.29 is 14.7 Å². The summed E-state index contributed by atoms with van der Waals surface area (Å²) in [5.74, 6) is -0.890. The molecule has 0 saturated heterocycles. The molecule has 0 aromatic heterocycles. The van der Waals surface area contributed by atoms with Gasteiger partial charge in [-0.2, -0.15) is 0 Å². The van der Waals surface area contributed by atoms with Gasteiger partial charge in [0.15, 0.2) is 0 Å². The Bertz CT molecular complexity index is 816. The van der Waals surface area contributed by atoms with Crippen LogP contribution in [-0.4, -0.2) is 28.4 Å². The lowest BCUT2D eigenvalue weighted by molar-refractivity contribution is 0.0693. The molecule has 0 unspecified atom stereocenters. The third-order valence-corrected chi connectivity index (χ3v) is 4.72. The highest BCUT2D eigenvalue weighted by atomic mass is 16.4. The third kappa shape index (κ3) is 3.58. The van der Waals surface area contributed by atoms with Crippen molar-refractivity contribution >= 4 is 11.9 Å². The summed E-state index contributed by atoms with van der Waals surface area (Å²) in [4.78, 5) is 25.7. The van der Waals surface area contributed by atoms with Gasteiger partial charge in [0.05, 0.1) is 5.56 Å². The lowest BCUT2D eigenvalue weighted by Gasteiger charge is -2.30. The summed E-state index contributed by atoms with van der Waals surface area (Å²) in [5.41, 5.74) is 4.26. The van der Waals surface area contributed by atoms with Crippen LogP contribution in [0.25, 0.3) is 0 Å². The molecule has 130 valence electrons. The van der Waals surface area contributed by atoms with Gasteiger partial charge in [0.2, 0.25) is 0 Å². The van der Waals surface area contributed by atoms with Crippen LogP contribution < -0.4 is 0 Å². The summed E-state index contributed by atoms with van der Waals surface area (Å²) >= 11 is 0. The van der Waals surface area contributed by atoms with Gasteiger partial charge in [0, 0.05) is 18.7 Å². The molecule has 0 fully saturated rings. The van der Waals surface area contributed by atoms with Crippen LogP contribution >= 0.6 is 0 Å². The first-order valence-electron chi connectivity index (χ1n) is 8.50. The van der Waals surface area contributed by atoms with Crippen LogP contribution in [0.15, 0.2) is 42.5 Å². The van der Waals surface area contributed by atoms with Crippen LogP contribution in [0.5, 0.6) is 0 Å². The smallest absolute Gasteiger partial charge is 0.335 e. The van der Waals surface area contributed by atoms with Crippen molar-refractivity contribution in [3.8, 4) is 0 Å². The van der Waals surface area contributed by atoms with Crippen LogP contribution in [-0.2, 0) is 18.4 Å². The molecule has 1 N–H and O–H groups in total. The van der Waals surface area contributed by atoms with Crippen molar-refractivity contribution in [3.05, 3.63) is 70.3 Å². The summed E-state index contributed by atoms with van der Waals surface area (Å²) in [6.45, 7) is 7.61. The standard InChI is InChI=1S/C21H23NO3/c1-21(2,3)17-9-8-15-10-11-22(19(23)18(15)12-17)13-14-4-6-16(7-5-14)20(24)25/h4-9,12H,10-11,13H2,1-3H3,(H,24,25). The lowest BCUT2D eigenvalue weighted by atomic mass is 9.84. The SMILES string of the molecule is CC(C)(C)c1ccc2c(c1)C(=O)N(Cc1ccc(C(=O)O)cc1)CC2. The lowest BCUT2D eigenvalue weighted by Crippen LogP contribution is -2.37. The summed E-state index contributed by atoms with van der Waals surface area (Å²) in [5, 5.41) is 8.98. The maximum Gasteiger partial charge on any atom is 0.335 e. The van der Waals surface area contributed by atoms with Crippen molar-refractivity contribution in [2.24, 2.45) is 0 Å². The predicted molar refractivity (Wildman–Crippen MR) is 97.0 cm³/mol. The van der Waals surface area contributed by atoms with E-state index in [4.69, 9.17) is 5.11 Å². The molecule has 4 heteroatoms. The molecule has 1 heterocycles. The monoisotopic (exact) mass is 337 g/mol. The molecular formula is C21H23NO3. The Morgan fingerprint density at radius 3 is 2.40 bits per heavy atom. The molecule has 1 aliphatic rings. The van der Waals surface area contributed by atoms with Gasteiger partial charge < -0.3 is 10.0 Å². The van der Waals surface area contributed by atoms with Gasteiger partial charge in [0.25, 0.3) is 5.91 Å². The fraction of sp³-hybridized carbons (Fsp3) is 0.333. The fourth-order valence-corrected chi connectivity index (χ4v) is 3.11. The number of carbonyl (C=O) groups is 2. The normalized spacial score (nSPS) is 14.4. The van der Waals surface area contributed by atoms with Crippen molar-refractivity contribution in [2.45, 2.75) is 39.2 Å². The van der Waals surface area contributed by atoms with Crippen molar-refractivity contribution in [3.63, 3.8) is 0 Å². The molecule has 0 aliphatic carbocycles. The zero-order valence-electron chi connectivity index (χ0n) is 14.9. The number of hydrogen-bond donors (Lipinski definition) is 1. The quantitative estimate of drug-likeness (QED) is 0.924. The van der Waals surface area contributed by atoms with Crippen molar-refractivity contribution in [2.75, 3.05) is 6.54 Å². The Kier molecular flexibility index (Phi) is 4.38. The average molecular weight is 337 g/mol. The zero-order valence-corrected chi connectivity index (χ0v) is 14.9. The van der Waals surface area contributed by atoms with Crippen LogP contribution in [0, 0.1) is 0 Å². The second kappa shape index (κ2) is 6.36. The zero-order chi connectivity index (χ0) is 18.2. The number of benzene rings is 2. The minimum Gasteiger partial charge on any atom is -0.478 e. The number of carboxylic acid groups (broad SMARTS) is 1. The Labute approximate surface area is 148 Å². The van der Waals surface area contributed by atoms with E-state index in [2.05, 4.69) is 32.9 Å². The van der Waals surface area contributed by atoms with Gasteiger partial charge in [-0.1, -0.05) is 45.0 Å². The summed E-state index contributed by atoms with van der Waals surface area (Å²) < 4.78 is 0. The van der Waals surface area contributed by atoms with E-state index >= 15 is 0 Å². The highest BCUT2D eigenvalue weighted by molar-refractivity contribution is 5.97. The van der Waals surface area contributed by atoms with E-state index in [0.717, 1.165) is 28.7 Å². The van der Waals surface area contributed by atoms with Crippen LogP contribution in [0.1, 0.15) is 58.2 Å². The highest BCUT2D eigenvalue weighted by Gasteiger charge is 2.26. The van der Waals surface area contributed by atoms with E-state index in [9.17, 15) is 9.59 Å². The Balaban J connectivity index is 1.82. The van der Waals surface area contributed by atoms with Crippen LogP contribution in [0.3, 0.4) is 0 Å². The number of rotatable bonds is 3. The number of carboxylic acids is 1. The Morgan fingerprint density at radius 2 is 1.80 bits per heavy atom. The van der Waals surface area contributed by atoms with Gasteiger partial charge in [-0.25, -0.2) is 4.79 Å². The van der Waals surface area contributed by atoms with E-state index in [1.807, 2.05) is 11.0 Å². The van der Waals surface area contributed by atoms with E-state index < -0.39 is 5.97 Å². The number of hydrogen-bond acceptors (Lipinski definition) is 2. The molecule has 4 nitrogen and oxygen atoms in total. The molecule has 1 amide bonds. The molecular weight excluding hydrogens is 314 g/mol. The first-order chi connectivity index (χ1) is 11.8. The maximum absolute atomic E-state index is 12.9. The topological polar surface area (TPSA) is 57.6 Å². The number of fused-ring (bicyclic) bond motifs is 1. The number of aromatic carboxylic acids is 1. The minimum atomic E-state index is -0.941. The number of amides is 1. The molecule has 25 heavy (non-hydrogen) atoms. The highest BCUT2D eigenvalue weighted by Crippen LogP contribution is 2.28. The largest absolute Gasteiger partial charge is 0.478 e. The molecule has 0 radical (unpaired) electrons. The van der Waals surface area contributed by atoms with Gasteiger partial charge in [-0.3, -0.25) is 4.79 Å². The Morgan fingerprint density at radius 1 is 1.12 bits per heavy atom. The molecule has 0 bridgehead atoms. The minimum absolute atomic E-state index is 0.00422. The Hall–Kier alpha value is -2.62. The molecule has 3 rings (SSSR count). The van der Waals surface area contributed by atoms with Crippen molar-refractivity contribution in [1.82, 2.24) is 4.90 Å². The van der Waals surface area contributed by atoms with Gasteiger partial charge in [-0.15, -0.1) is 0 Å².